The van der Waals surface area contributed by atoms with Crippen molar-refractivity contribution in [1.82, 2.24) is 4.31 Å². The second-order valence-electron chi connectivity index (χ2n) is 5.31. The van der Waals surface area contributed by atoms with E-state index in [-0.39, 0.29) is 30.0 Å². The van der Waals surface area contributed by atoms with Crippen LogP contribution in [0.5, 0.6) is 0 Å². The minimum absolute atomic E-state index is 0.0152. The van der Waals surface area contributed by atoms with Crippen LogP contribution < -0.4 is 5.73 Å². The van der Waals surface area contributed by atoms with Gasteiger partial charge in [-0.2, -0.15) is 4.31 Å². The summed E-state index contributed by atoms with van der Waals surface area (Å²) in [7, 11) is -6.68. The van der Waals surface area contributed by atoms with Gasteiger partial charge < -0.3 is 5.73 Å². The Kier molecular flexibility index (Phi) is 3.74. The lowest BCUT2D eigenvalue weighted by molar-refractivity contribution is 0.245. The van der Waals surface area contributed by atoms with Gasteiger partial charge in [0.05, 0.1) is 16.8 Å². The molecule has 8 heteroatoms. The molecule has 2 N–H and O–H groups in total. The SMILES string of the molecule is CC1CC(N)CCN1S(=O)(=O)C1CCS(=O)(=O)C1. The average Bonchev–Trinajstić information content (AvgIpc) is 2.58. The van der Waals surface area contributed by atoms with Crippen molar-refractivity contribution in [3.05, 3.63) is 0 Å². The number of piperidine rings is 1. The second-order valence-corrected chi connectivity index (χ2v) is 9.71. The molecule has 2 rings (SSSR count). The minimum Gasteiger partial charge on any atom is -0.328 e. The van der Waals surface area contributed by atoms with E-state index in [4.69, 9.17) is 5.73 Å². The highest BCUT2D eigenvalue weighted by molar-refractivity contribution is 7.95. The molecule has 106 valence electrons. The summed E-state index contributed by atoms with van der Waals surface area (Å²) in [5.74, 6) is -0.247. The second kappa shape index (κ2) is 4.73. The highest BCUT2D eigenvalue weighted by Gasteiger charge is 2.43. The molecule has 2 heterocycles. The van der Waals surface area contributed by atoms with E-state index in [2.05, 4.69) is 0 Å². The van der Waals surface area contributed by atoms with Crippen LogP contribution in [0.2, 0.25) is 0 Å². The highest BCUT2D eigenvalue weighted by Crippen LogP contribution is 2.27. The summed E-state index contributed by atoms with van der Waals surface area (Å²) in [6.07, 6.45) is 1.50. The van der Waals surface area contributed by atoms with Crippen LogP contribution in [0.15, 0.2) is 0 Å². The van der Waals surface area contributed by atoms with E-state index in [1.54, 1.807) is 0 Å². The van der Waals surface area contributed by atoms with Crippen molar-refractivity contribution in [1.29, 1.82) is 0 Å². The van der Waals surface area contributed by atoms with Crippen LogP contribution in [0, 0.1) is 0 Å². The Morgan fingerprint density at radius 1 is 1.28 bits per heavy atom. The van der Waals surface area contributed by atoms with Gasteiger partial charge in [-0.3, -0.25) is 0 Å². The number of nitrogens with two attached hydrogens (primary N) is 1. The largest absolute Gasteiger partial charge is 0.328 e. The topological polar surface area (TPSA) is 97.5 Å². The summed E-state index contributed by atoms with van der Waals surface area (Å²) in [4.78, 5) is 0. The molecular formula is C10H20N2O4S2. The molecule has 3 unspecified atom stereocenters. The number of hydrogen-bond donors (Lipinski definition) is 1. The van der Waals surface area contributed by atoms with Gasteiger partial charge in [0.25, 0.3) is 0 Å². The molecule has 0 amide bonds. The number of rotatable bonds is 2. The molecule has 0 saturated carbocycles. The van der Waals surface area contributed by atoms with Gasteiger partial charge in [0.2, 0.25) is 10.0 Å². The molecule has 2 aliphatic heterocycles. The van der Waals surface area contributed by atoms with Crippen LogP contribution in [0.4, 0.5) is 0 Å². The zero-order chi connectivity index (χ0) is 13.6. The van der Waals surface area contributed by atoms with Crippen molar-refractivity contribution in [2.45, 2.75) is 43.5 Å². The first-order valence-corrected chi connectivity index (χ1v) is 9.51. The molecule has 6 nitrogen and oxygen atoms in total. The Hall–Kier alpha value is -0.180. The average molecular weight is 296 g/mol. The van der Waals surface area contributed by atoms with E-state index in [0.29, 0.717) is 19.4 Å². The molecule has 18 heavy (non-hydrogen) atoms. The maximum absolute atomic E-state index is 12.4. The zero-order valence-corrected chi connectivity index (χ0v) is 12.1. The van der Waals surface area contributed by atoms with Crippen molar-refractivity contribution >= 4 is 19.9 Å². The van der Waals surface area contributed by atoms with Gasteiger partial charge in [-0.15, -0.1) is 0 Å². The van der Waals surface area contributed by atoms with E-state index < -0.39 is 25.1 Å². The fourth-order valence-corrected chi connectivity index (χ4v) is 7.50. The van der Waals surface area contributed by atoms with E-state index >= 15 is 0 Å². The first-order valence-electron chi connectivity index (χ1n) is 6.19. The number of sulfone groups is 1. The maximum atomic E-state index is 12.4. The third kappa shape index (κ3) is 2.71. The molecule has 2 fully saturated rings. The molecule has 2 aliphatic rings. The molecule has 2 saturated heterocycles. The summed E-state index contributed by atoms with van der Waals surface area (Å²) in [5.41, 5.74) is 5.81. The lowest BCUT2D eigenvalue weighted by Crippen LogP contribution is -2.51. The van der Waals surface area contributed by atoms with Gasteiger partial charge in [0.15, 0.2) is 9.84 Å². The van der Waals surface area contributed by atoms with Crippen molar-refractivity contribution in [2.75, 3.05) is 18.1 Å². The first-order chi connectivity index (χ1) is 8.22. The molecular weight excluding hydrogens is 276 g/mol. The van der Waals surface area contributed by atoms with E-state index in [1.807, 2.05) is 6.92 Å². The van der Waals surface area contributed by atoms with Gasteiger partial charge in [0, 0.05) is 18.6 Å². The molecule has 0 aromatic heterocycles. The van der Waals surface area contributed by atoms with Crippen molar-refractivity contribution in [3.63, 3.8) is 0 Å². The van der Waals surface area contributed by atoms with Gasteiger partial charge in [-0.05, 0) is 26.2 Å². The van der Waals surface area contributed by atoms with Gasteiger partial charge >= 0.3 is 0 Å². The summed E-state index contributed by atoms with van der Waals surface area (Å²) >= 11 is 0. The van der Waals surface area contributed by atoms with Gasteiger partial charge in [-0.1, -0.05) is 0 Å². The van der Waals surface area contributed by atoms with Crippen molar-refractivity contribution < 1.29 is 16.8 Å². The van der Waals surface area contributed by atoms with Gasteiger partial charge in [0.1, 0.15) is 0 Å². The van der Waals surface area contributed by atoms with Crippen LogP contribution in [0.25, 0.3) is 0 Å². The summed E-state index contributed by atoms with van der Waals surface area (Å²) in [6, 6.07) is -0.0965. The minimum atomic E-state index is -3.51. The Labute approximate surface area is 108 Å². The van der Waals surface area contributed by atoms with E-state index in [9.17, 15) is 16.8 Å². The fraction of sp³-hybridized carbons (Fsp3) is 1.00. The summed E-state index contributed by atoms with van der Waals surface area (Å²) in [6.45, 7) is 2.24. The molecule has 0 radical (unpaired) electrons. The maximum Gasteiger partial charge on any atom is 0.218 e. The predicted molar refractivity (Wildman–Crippen MR) is 69.4 cm³/mol. The molecule has 0 aromatic carbocycles. The van der Waals surface area contributed by atoms with Crippen molar-refractivity contribution in [3.8, 4) is 0 Å². The van der Waals surface area contributed by atoms with Crippen LogP contribution >= 0.6 is 0 Å². The third-order valence-corrected chi connectivity index (χ3v) is 8.21. The number of sulfonamides is 1. The molecule has 0 aromatic rings. The first kappa shape index (κ1) is 14.2. The highest BCUT2D eigenvalue weighted by atomic mass is 32.2. The Morgan fingerprint density at radius 3 is 2.44 bits per heavy atom. The Bertz CT molecular complexity index is 514. The lowest BCUT2D eigenvalue weighted by Gasteiger charge is -2.36. The summed E-state index contributed by atoms with van der Waals surface area (Å²) < 4.78 is 49.1. The normalized spacial score (nSPS) is 37.8. The van der Waals surface area contributed by atoms with Crippen LogP contribution in [-0.4, -0.2) is 56.5 Å². The summed E-state index contributed by atoms with van der Waals surface area (Å²) in [5, 5.41) is -0.765. The smallest absolute Gasteiger partial charge is 0.218 e. The monoisotopic (exact) mass is 296 g/mol. The molecule has 0 spiro atoms. The van der Waals surface area contributed by atoms with Crippen LogP contribution in [0.1, 0.15) is 26.2 Å². The standard InChI is InChI=1S/C10H20N2O4S2/c1-8-6-9(11)2-4-12(8)18(15,16)10-3-5-17(13,14)7-10/h8-10H,2-7,11H2,1H3. The van der Waals surface area contributed by atoms with Gasteiger partial charge in [-0.25, -0.2) is 16.8 Å². The molecule has 0 aliphatic carbocycles. The molecule has 3 atom stereocenters. The fourth-order valence-electron chi connectivity index (χ4n) is 2.75. The lowest BCUT2D eigenvalue weighted by atomic mass is 10.0. The Balaban J connectivity index is 2.17. The quantitative estimate of drug-likeness (QED) is 0.728. The van der Waals surface area contributed by atoms with E-state index in [0.717, 1.165) is 0 Å². The Morgan fingerprint density at radius 2 is 1.94 bits per heavy atom. The molecule has 0 bridgehead atoms. The van der Waals surface area contributed by atoms with E-state index in [1.165, 1.54) is 4.31 Å². The number of hydrogen-bond acceptors (Lipinski definition) is 5. The predicted octanol–water partition coefficient (Wildman–Crippen LogP) is -0.685. The van der Waals surface area contributed by atoms with Crippen LogP contribution in [0.3, 0.4) is 0 Å². The zero-order valence-electron chi connectivity index (χ0n) is 10.4. The van der Waals surface area contributed by atoms with Crippen molar-refractivity contribution in [2.24, 2.45) is 5.73 Å². The third-order valence-electron chi connectivity index (χ3n) is 3.79. The van der Waals surface area contributed by atoms with Crippen LogP contribution in [-0.2, 0) is 19.9 Å². The number of nitrogens with zero attached hydrogens (tertiary/aromatic N) is 1.